The van der Waals surface area contributed by atoms with Crippen LogP contribution in [0.25, 0.3) is 11.1 Å². The number of piperidine rings is 1. The summed E-state index contributed by atoms with van der Waals surface area (Å²) >= 11 is 1.87. The molecule has 0 aliphatic carbocycles. The molecule has 2 unspecified atom stereocenters. The average molecular weight is 404 g/mol. The molecule has 0 aromatic heterocycles. The van der Waals surface area contributed by atoms with Gasteiger partial charge >= 0.3 is 0 Å². The van der Waals surface area contributed by atoms with E-state index in [1.54, 1.807) is 19.2 Å². The van der Waals surface area contributed by atoms with Crippen LogP contribution in [-0.4, -0.2) is 43.4 Å². The number of nitrogens with zero attached hydrogens (tertiary/aromatic N) is 1. The van der Waals surface area contributed by atoms with E-state index in [0.29, 0.717) is 10.1 Å². The summed E-state index contributed by atoms with van der Waals surface area (Å²) in [4.78, 5) is 0.402. The summed E-state index contributed by atoms with van der Waals surface area (Å²) in [6.45, 7) is 0. The molecule has 2 atom stereocenters. The van der Waals surface area contributed by atoms with Gasteiger partial charge in [-0.15, -0.1) is 0 Å². The van der Waals surface area contributed by atoms with E-state index in [4.69, 9.17) is 4.74 Å². The van der Waals surface area contributed by atoms with Crippen molar-refractivity contribution in [3.05, 3.63) is 48.5 Å². The van der Waals surface area contributed by atoms with Gasteiger partial charge in [0.1, 0.15) is 5.75 Å². The molecule has 6 heteroatoms. The predicted octanol–water partition coefficient (Wildman–Crippen LogP) is 4.41. The van der Waals surface area contributed by atoms with Gasteiger partial charge in [0.2, 0.25) is 10.0 Å². The van der Waals surface area contributed by atoms with Gasteiger partial charge in [-0.2, -0.15) is 16.1 Å². The molecule has 2 bridgehead atoms. The molecule has 2 saturated heterocycles. The number of thioether (sulfide) groups is 1. The molecule has 2 heterocycles. The highest BCUT2D eigenvalue weighted by Gasteiger charge is 2.46. The lowest BCUT2D eigenvalue weighted by Gasteiger charge is -2.37. The van der Waals surface area contributed by atoms with Crippen LogP contribution in [0.1, 0.15) is 25.7 Å². The van der Waals surface area contributed by atoms with Crippen LogP contribution in [-0.2, 0) is 10.0 Å². The zero-order valence-corrected chi connectivity index (χ0v) is 17.3. The van der Waals surface area contributed by atoms with E-state index in [9.17, 15) is 8.42 Å². The molecular formula is C21H25NO3S2. The van der Waals surface area contributed by atoms with Gasteiger partial charge in [-0.3, -0.25) is 0 Å². The van der Waals surface area contributed by atoms with Crippen LogP contribution in [0.2, 0.25) is 0 Å². The van der Waals surface area contributed by atoms with Crippen molar-refractivity contribution >= 4 is 21.8 Å². The molecular weight excluding hydrogens is 378 g/mol. The maximum Gasteiger partial charge on any atom is 0.243 e. The molecule has 27 heavy (non-hydrogen) atoms. The van der Waals surface area contributed by atoms with Crippen LogP contribution in [0.4, 0.5) is 0 Å². The standard InChI is InChI=1S/C21H25NO3S2/c1-25-19-9-3-15(4-10-19)16-5-11-21(12-6-16)27(23,24)22-17-7-8-18(22)14-20(13-17)26-2/h3-6,9-12,17-18,20H,7-8,13-14H2,1-2H3. The van der Waals surface area contributed by atoms with Crippen molar-refractivity contribution in [2.24, 2.45) is 0 Å². The Balaban J connectivity index is 1.58. The lowest BCUT2D eigenvalue weighted by molar-refractivity contribution is 0.253. The molecule has 144 valence electrons. The molecule has 2 aliphatic rings. The Kier molecular flexibility index (Phi) is 5.23. The van der Waals surface area contributed by atoms with Crippen molar-refractivity contribution in [2.75, 3.05) is 13.4 Å². The SMILES string of the molecule is COc1ccc(-c2ccc(S(=O)(=O)N3C4CCC3CC(SC)C4)cc2)cc1. The summed E-state index contributed by atoms with van der Waals surface area (Å²) in [6.07, 6.45) is 6.06. The monoisotopic (exact) mass is 403 g/mol. The Morgan fingerprint density at radius 1 is 0.926 bits per heavy atom. The van der Waals surface area contributed by atoms with E-state index >= 15 is 0 Å². The van der Waals surface area contributed by atoms with E-state index < -0.39 is 10.0 Å². The van der Waals surface area contributed by atoms with Gasteiger partial charge in [0.25, 0.3) is 0 Å². The Labute approximate surface area is 166 Å². The van der Waals surface area contributed by atoms with Crippen LogP contribution < -0.4 is 4.74 Å². The van der Waals surface area contributed by atoms with Gasteiger partial charge in [-0.25, -0.2) is 8.42 Å². The molecule has 2 fully saturated rings. The maximum absolute atomic E-state index is 13.3. The number of rotatable bonds is 5. The molecule has 2 aromatic carbocycles. The minimum atomic E-state index is -3.44. The third kappa shape index (κ3) is 3.50. The van der Waals surface area contributed by atoms with Crippen LogP contribution >= 0.6 is 11.8 Å². The lowest BCUT2D eigenvalue weighted by Crippen LogP contribution is -2.47. The number of methoxy groups -OCH3 is 1. The number of fused-ring (bicyclic) bond motifs is 2. The highest BCUT2D eigenvalue weighted by atomic mass is 32.2. The second-order valence-electron chi connectivity index (χ2n) is 7.30. The summed E-state index contributed by atoms with van der Waals surface area (Å²) in [5.74, 6) is 0.807. The van der Waals surface area contributed by atoms with Crippen molar-refractivity contribution in [3.8, 4) is 16.9 Å². The quantitative estimate of drug-likeness (QED) is 0.742. The first-order valence-corrected chi connectivity index (χ1v) is 12.1. The normalized spacial score (nSPS) is 25.5. The number of hydrogen-bond donors (Lipinski definition) is 0. The Bertz CT molecular complexity index is 880. The van der Waals surface area contributed by atoms with E-state index in [0.717, 1.165) is 42.6 Å². The number of hydrogen-bond acceptors (Lipinski definition) is 4. The molecule has 4 rings (SSSR count). The predicted molar refractivity (Wildman–Crippen MR) is 111 cm³/mol. The molecule has 0 saturated carbocycles. The minimum absolute atomic E-state index is 0.160. The summed E-state index contributed by atoms with van der Waals surface area (Å²) in [5, 5.41) is 0.589. The van der Waals surface area contributed by atoms with E-state index in [1.807, 2.05) is 52.5 Å². The van der Waals surface area contributed by atoms with Crippen molar-refractivity contribution in [2.45, 2.75) is 47.9 Å². The summed E-state index contributed by atoms with van der Waals surface area (Å²) in [6, 6.07) is 15.4. The summed E-state index contributed by atoms with van der Waals surface area (Å²) in [5.41, 5.74) is 2.04. The molecule has 0 amide bonds. The zero-order valence-electron chi connectivity index (χ0n) is 15.7. The molecule has 4 nitrogen and oxygen atoms in total. The van der Waals surface area contributed by atoms with Gasteiger partial charge in [0.05, 0.1) is 12.0 Å². The van der Waals surface area contributed by atoms with Crippen LogP contribution in [0.15, 0.2) is 53.4 Å². The van der Waals surface area contributed by atoms with Crippen molar-refractivity contribution in [3.63, 3.8) is 0 Å². The van der Waals surface area contributed by atoms with E-state index in [-0.39, 0.29) is 12.1 Å². The zero-order chi connectivity index (χ0) is 19.0. The number of sulfonamides is 1. The first-order valence-electron chi connectivity index (χ1n) is 9.33. The van der Waals surface area contributed by atoms with Gasteiger partial charge in [0, 0.05) is 17.3 Å². The van der Waals surface area contributed by atoms with Crippen molar-refractivity contribution < 1.29 is 13.2 Å². The average Bonchev–Trinajstić information content (AvgIpc) is 2.99. The topological polar surface area (TPSA) is 46.6 Å². The molecule has 0 N–H and O–H groups in total. The lowest BCUT2D eigenvalue weighted by atomic mass is 10.1. The Morgan fingerprint density at radius 3 is 1.93 bits per heavy atom. The molecule has 2 aliphatic heterocycles. The molecule has 2 aromatic rings. The smallest absolute Gasteiger partial charge is 0.243 e. The fraction of sp³-hybridized carbons (Fsp3) is 0.429. The third-order valence-corrected chi connectivity index (χ3v) is 8.88. The largest absolute Gasteiger partial charge is 0.497 e. The minimum Gasteiger partial charge on any atom is -0.497 e. The Morgan fingerprint density at radius 2 is 1.44 bits per heavy atom. The second-order valence-corrected chi connectivity index (χ2v) is 10.3. The highest BCUT2D eigenvalue weighted by molar-refractivity contribution is 7.99. The molecule has 0 radical (unpaired) electrons. The van der Waals surface area contributed by atoms with Crippen molar-refractivity contribution in [1.29, 1.82) is 0 Å². The first-order chi connectivity index (χ1) is 13.0. The van der Waals surface area contributed by atoms with Gasteiger partial charge < -0.3 is 4.74 Å². The fourth-order valence-corrected chi connectivity index (χ4v) is 7.11. The van der Waals surface area contributed by atoms with Gasteiger partial charge in [0.15, 0.2) is 0 Å². The van der Waals surface area contributed by atoms with Crippen molar-refractivity contribution in [1.82, 2.24) is 4.31 Å². The van der Waals surface area contributed by atoms with E-state index in [1.165, 1.54) is 0 Å². The van der Waals surface area contributed by atoms with Crippen LogP contribution in [0.3, 0.4) is 0 Å². The molecule has 0 spiro atoms. The Hall–Kier alpha value is -1.50. The number of ether oxygens (including phenoxy) is 1. The first kappa shape index (κ1) is 18.8. The maximum atomic E-state index is 13.3. The van der Waals surface area contributed by atoms with Crippen LogP contribution in [0.5, 0.6) is 5.75 Å². The van der Waals surface area contributed by atoms with E-state index in [2.05, 4.69) is 6.26 Å². The second kappa shape index (κ2) is 7.49. The summed E-state index contributed by atoms with van der Waals surface area (Å²) in [7, 11) is -1.79. The highest BCUT2D eigenvalue weighted by Crippen LogP contribution is 2.42. The van der Waals surface area contributed by atoms with Gasteiger partial charge in [-0.1, -0.05) is 24.3 Å². The van der Waals surface area contributed by atoms with Gasteiger partial charge in [-0.05, 0) is 67.3 Å². The van der Waals surface area contributed by atoms with Crippen LogP contribution in [0, 0.1) is 0 Å². The summed E-state index contributed by atoms with van der Waals surface area (Å²) < 4.78 is 33.6. The fourth-order valence-electron chi connectivity index (χ4n) is 4.39. The number of benzene rings is 2. The third-order valence-electron chi connectivity index (χ3n) is 5.81.